The molecule has 0 fully saturated rings. The summed E-state index contributed by atoms with van der Waals surface area (Å²) in [6, 6.07) is 6.04. The zero-order chi connectivity index (χ0) is 13.4. The minimum absolute atomic E-state index is 0.254. The van der Waals surface area contributed by atoms with Crippen molar-refractivity contribution >= 4 is 5.97 Å². The van der Waals surface area contributed by atoms with Gasteiger partial charge in [-0.05, 0) is 19.5 Å². The lowest BCUT2D eigenvalue weighted by Gasteiger charge is -2.12. The van der Waals surface area contributed by atoms with Gasteiger partial charge in [0.1, 0.15) is 5.75 Å². The molecule has 0 saturated carbocycles. The Kier molecular flexibility index (Phi) is 6.22. The number of aryl methyl sites for hydroxylation is 1. The van der Waals surface area contributed by atoms with Crippen molar-refractivity contribution in [2.24, 2.45) is 0 Å². The van der Waals surface area contributed by atoms with Crippen LogP contribution in [0.25, 0.3) is 0 Å². The predicted molar refractivity (Wildman–Crippen MR) is 70.7 cm³/mol. The molecule has 0 bridgehead atoms. The van der Waals surface area contributed by atoms with Crippen molar-refractivity contribution in [2.45, 2.75) is 26.8 Å². The predicted octanol–water partition coefficient (Wildman–Crippen LogP) is 2.05. The molecule has 0 aliphatic carbocycles. The summed E-state index contributed by atoms with van der Waals surface area (Å²) in [4.78, 5) is 11.0. The monoisotopic (exact) mass is 251 g/mol. The largest absolute Gasteiger partial charge is 0.493 e. The Morgan fingerprint density at radius 1 is 1.39 bits per heavy atom. The number of carbonyl (C=O) groups is 1. The molecule has 18 heavy (non-hydrogen) atoms. The van der Waals surface area contributed by atoms with Crippen molar-refractivity contribution in [3.05, 3.63) is 29.3 Å². The fourth-order valence-corrected chi connectivity index (χ4v) is 1.59. The van der Waals surface area contributed by atoms with Crippen molar-refractivity contribution in [1.29, 1.82) is 0 Å². The highest BCUT2D eigenvalue weighted by molar-refractivity contribution is 5.69. The summed E-state index contributed by atoms with van der Waals surface area (Å²) in [5.74, 6) is 0.570. The zero-order valence-corrected chi connectivity index (χ0v) is 11.3. The molecule has 0 atom stereocenters. The Labute approximate surface area is 108 Å². The summed E-state index contributed by atoms with van der Waals surface area (Å²) in [5.41, 5.74) is 2.31. The highest BCUT2D eigenvalue weighted by Gasteiger charge is 2.05. The number of carbonyl (C=O) groups excluding carboxylic acids is 1. The molecule has 0 saturated heterocycles. The third-order valence-electron chi connectivity index (χ3n) is 2.57. The van der Waals surface area contributed by atoms with Crippen LogP contribution in [0.3, 0.4) is 0 Å². The van der Waals surface area contributed by atoms with E-state index < -0.39 is 0 Å². The molecule has 4 heteroatoms. The van der Waals surface area contributed by atoms with Gasteiger partial charge in [0.05, 0.1) is 20.1 Å². The topological polar surface area (TPSA) is 47.6 Å². The zero-order valence-electron chi connectivity index (χ0n) is 11.3. The average molecular weight is 251 g/mol. The number of methoxy groups -OCH3 is 1. The van der Waals surface area contributed by atoms with E-state index in [-0.39, 0.29) is 12.4 Å². The number of rotatable bonds is 7. The molecule has 1 N–H and O–H groups in total. The fourth-order valence-electron chi connectivity index (χ4n) is 1.59. The van der Waals surface area contributed by atoms with Crippen LogP contribution in [0.5, 0.6) is 5.75 Å². The molecule has 0 aliphatic rings. The van der Waals surface area contributed by atoms with Gasteiger partial charge in [-0.25, -0.2) is 0 Å². The minimum Gasteiger partial charge on any atom is -0.493 e. The molecule has 0 amide bonds. The van der Waals surface area contributed by atoms with Crippen molar-refractivity contribution in [3.63, 3.8) is 0 Å². The van der Waals surface area contributed by atoms with Gasteiger partial charge < -0.3 is 14.8 Å². The van der Waals surface area contributed by atoms with Crippen LogP contribution in [0.4, 0.5) is 0 Å². The third-order valence-corrected chi connectivity index (χ3v) is 2.57. The summed E-state index contributed by atoms with van der Waals surface area (Å²) in [7, 11) is 1.38. The SMILES string of the molecule is CCNCc1cc(C)ccc1OCCC(=O)OC. The summed E-state index contributed by atoms with van der Waals surface area (Å²) in [5, 5.41) is 3.27. The number of hydrogen-bond acceptors (Lipinski definition) is 4. The fraction of sp³-hybridized carbons (Fsp3) is 0.500. The molecule has 0 radical (unpaired) electrons. The van der Waals surface area contributed by atoms with Gasteiger partial charge in [0.15, 0.2) is 0 Å². The second-order valence-electron chi connectivity index (χ2n) is 4.07. The normalized spacial score (nSPS) is 10.2. The second-order valence-corrected chi connectivity index (χ2v) is 4.07. The van der Waals surface area contributed by atoms with E-state index in [2.05, 4.69) is 23.0 Å². The molecular weight excluding hydrogens is 230 g/mol. The first-order chi connectivity index (χ1) is 8.67. The Morgan fingerprint density at radius 2 is 2.17 bits per heavy atom. The average Bonchev–Trinajstić information content (AvgIpc) is 2.38. The number of ether oxygens (including phenoxy) is 2. The van der Waals surface area contributed by atoms with Gasteiger partial charge in [-0.15, -0.1) is 0 Å². The van der Waals surface area contributed by atoms with E-state index in [1.54, 1.807) is 0 Å². The Hall–Kier alpha value is -1.55. The first-order valence-electron chi connectivity index (χ1n) is 6.17. The van der Waals surface area contributed by atoms with Gasteiger partial charge in [-0.1, -0.05) is 24.6 Å². The molecule has 0 heterocycles. The van der Waals surface area contributed by atoms with E-state index in [1.807, 2.05) is 19.1 Å². The minimum atomic E-state index is -0.254. The van der Waals surface area contributed by atoms with E-state index in [9.17, 15) is 4.79 Å². The number of esters is 1. The van der Waals surface area contributed by atoms with E-state index >= 15 is 0 Å². The van der Waals surface area contributed by atoms with Gasteiger partial charge >= 0.3 is 5.97 Å². The van der Waals surface area contributed by atoms with Crippen LogP contribution < -0.4 is 10.1 Å². The van der Waals surface area contributed by atoms with Crippen molar-refractivity contribution < 1.29 is 14.3 Å². The number of hydrogen-bond donors (Lipinski definition) is 1. The quantitative estimate of drug-likeness (QED) is 0.753. The van der Waals surface area contributed by atoms with Gasteiger partial charge in [0.2, 0.25) is 0 Å². The van der Waals surface area contributed by atoms with E-state index in [0.29, 0.717) is 6.61 Å². The maximum atomic E-state index is 11.0. The van der Waals surface area contributed by atoms with Crippen molar-refractivity contribution in [1.82, 2.24) is 5.32 Å². The highest BCUT2D eigenvalue weighted by atomic mass is 16.5. The molecule has 1 aromatic rings. The van der Waals surface area contributed by atoms with E-state index in [0.717, 1.165) is 24.4 Å². The van der Waals surface area contributed by atoms with Crippen LogP contribution in [0.2, 0.25) is 0 Å². The molecule has 0 aliphatic heterocycles. The Bertz CT molecular complexity index is 391. The molecule has 0 unspecified atom stereocenters. The first kappa shape index (κ1) is 14.5. The smallest absolute Gasteiger partial charge is 0.308 e. The van der Waals surface area contributed by atoms with Gasteiger partial charge in [-0.2, -0.15) is 0 Å². The lowest BCUT2D eigenvalue weighted by atomic mass is 10.1. The summed E-state index contributed by atoms with van der Waals surface area (Å²) in [6.07, 6.45) is 0.269. The summed E-state index contributed by atoms with van der Waals surface area (Å²) in [6.45, 7) is 6.14. The van der Waals surface area contributed by atoms with Crippen LogP contribution in [0.1, 0.15) is 24.5 Å². The third kappa shape index (κ3) is 4.75. The molecule has 1 rings (SSSR count). The van der Waals surface area contributed by atoms with Gasteiger partial charge in [-0.3, -0.25) is 4.79 Å². The Balaban J connectivity index is 2.60. The second kappa shape index (κ2) is 7.71. The summed E-state index contributed by atoms with van der Waals surface area (Å²) < 4.78 is 10.2. The van der Waals surface area contributed by atoms with E-state index in [1.165, 1.54) is 12.7 Å². The lowest BCUT2D eigenvalue weighted by molar-refractivity contribution is -0.141. The molecular formula is C14H21NO3. The highest BCUT2D eigenvalue weighted by Crippen LogP contribution is 2.20. The standard InChI is InChI=1S/C14H21NO3/c1-4-15-10-12-9-11(2)5-6-13(12)18-8-7-14(16)17-3/h5-6,9,15H,4,7-8,10H2,1-3H3. The van der Waals surface area contributed by atoms with Crippen molar-refractivity contribution in [3.8, 4) is 5.75 Å². The van der Waals surface area contributed by atoms with Crippen LogP contribution in [-0.2, 0) is 16.1 Å². The summed E-state index contributed by atoms with van der Waals surface area (Å²) >= 11 is 0. The van der Waals surface area contributed by atoms with Crippen LogP contribution in [0, 0.1) is 6.92 Å². The lowest BCUT2D eigenvalue weighted by Crippen LogP contribution is -2.14. The molecule has 0 spiro atoms. The van der Waals surface area contributed by atoms with Gasteiger partial charge in [0.25, 0.3) is 0 Å². The first-order valence-corrected chi connectivity index (χ1v) is 6.17. The Morgan fingerprint density at radius 3 is 2.83 bits per heavy atom. The number of nitrogens with one attached hydrogen (secondary N) is 1. The van der Waals surface area contributed by atoms with Crippen LogP contribution >= 0.6 is 0 Å². The maximum Gasteiger partial charge on any atom is 0.308 e. The maximum absolute atomic E-state index is 11.0. The molecule has 100 valence electrons. The number of benzene rings is 1. The van der Waals surface area contributed by atoms with Crippen LogP contribution in [-0.4, -0.2) is 26.2 Å². The molecule has 1 aromatic carbocycles. The molecule has 4 nitrogen and oxygen atoms in total. The van der Waals surface area contributed by atoms with Crippen molar-refractivity contribution in [2.75, 3.05) is 20.3 Å². The van der Waals surface area contributed by atoms with Gasteiger partial charge in [0, 0.05) is 12.1 Å². The van der Waals surface area contributed by atoms with Crippen LogP contribution in [0.15, 0.2) is 18.2 Å². The molecule has 0 aromatic heterocycles. The van der Waals surface area contributed by atoms with E-state index in [4.69, 9.17) is 4.74 Å².